The van der Waals surface area contributed by atoms with Gasteiger partial charge in [-0.25, -0.2) is 0 Å². The lowest BCUT2D eigenvalue weighted by molar-refractivity contribution is 0.354. The predicted octanol–water partition coefficient (Wildman–Crippen LogP) is 4.12. The fraction of sp³-hybridized carbons (Fsp3) is 0.500. The summed E-state index contributed by atoms with van der Waals surface area (Å²) in [5.41, 5.74) is 2.46. The molecule has 112 valence electrons. The Morgan fingerprint density at radius 1 is 1.25 bits per heavy atom. The molecule has 0 saturated heterocycles. The Morgan fingerprint density at radius 3 is 2.35 bits per heavy atom. The first-order chi connectivity index (χ1) is 9.53. The van der Waals surface area contributed by atoms with Gasteiger partial charge in [0.1, 0.15) is 0 Å². The van der Waals surface area contributed by atoms with E-state index in [1.54, 1.807) is 14.2 Å². The van der Waals surface area contributed by atoms with Crippen molar-refractivity contribution in [3.63, 3.8) is 0 Å². The number of hydrogen-bond acceptors (Lipinski definition) is 3. The van der Waals surface area contributed by atoms with Gasteiger partial charge in [0.05, 0.1) is 14.2 Å². The molecule has 4 heteroatoms. The third kappa shape index (κ3) is 4.53. The molecule has 1 rings (SSSR count). The minimum atomic E-state index is 0.494. The van der Waals surface area contributed by atoms with Gasteiger partial charge in [-0.3, -0.25) is 0 Å². The Balaban J connectivity index is 3.16. The summed E-state index contributed by atoms with van der Waals surface area (Å²) in [5.74, 6) is 1.97. The summed E-state index contributed by atoms with van der Waals surface area (Å²) < 4.78 is 11.7. The van der Waals surface area contributed by atoms with Gasteiger partial charge >= 0.3 is 0 Å². The largest absolute Gasteiger partial charge is 0.493 e. The van der Waals surface area contributed by atoms with Crippen molar-refractivity contribution in [2.45, 2.75) is 20.8 Å². The summed E-state index contributed by atoms with van der Waals surface area (Å²) in [6.07, 6.45) is 2.21. The van der Waals surface area contributed by atoms with E-state index in [1.165, 1.54) is 5.57 Å². The molecule has 0 radical (unpaired) electrons. The monoisotopic (exact) mass is 341 g/mol. The van der Waals surface area contributed by atoms with Crippen LogP contribution < -0.4 is 14.8 Å². The second-order valence-corrected chi connectivity index (χ2v) is 5.74. The SMILES string of the molecule is CCNCC(=Cc1cc(OC)c(OC)cc1Br)C(C)C. The van der Waals surface area contributed by atoms with Crippen LogP contribution in [0.3, 0.4) is 0 Å². The maximum absolute atomic E-state index is 5.36. The number of methoxy groups -OCH3 is 2. The first-order valence-electron chi connectivity index (χ1n) is 6.86. The summed E-state index contributed by atoms with van der Waals surface area (Å²) in [6.45, 7) is 8.39. The van der Waals surface area contributed by atoms with E-state index in [2.05, 4.69) is 48.1 Å². The number of halogens is 1. The molecule has 0 fully saturated rings. The molecule has 0 atom stereocenters. The molecule has 0 spiro atoms. The van der Waals surface area contributed by atoms with Crippen LogP contribution in [0.2, 0.25) is 0 Å². The first-order valence-corrected chi connectivity index (χ1v) is 7.65. The van der Waals surface area contributed by atoms with Crippen LogP contribution >= 0.6 is 15.9 Å². The summed E-state index contributed by atoms with van der Waals surface area (Å²) in [7, 11) is 3.30. The molecule has 0 bridgehead atoms. The standard InChI is InChI=1S/C16H24BrNO2/c1-6-18-10-13(11(2)3)7-12-8-15(19-4)16(20-5)9-14(12)17/h7-9,11,18H,6,10H2,1-5H3. The molecule has 0 unspecified atom stereocenters. The Bertz CT molecular complexity index is 470. The van der Waals surface area contributed by atoms with Crippen molar-refractivity contribution in [2.24, 2.45) is 5.92 Å². The highest BCUT2D eigenvalue weighted by molar-refractivity contribution is 9.10. The molecule has 0 aliphatic carbocycles. The second-order valence-electron chi connectivity index (χ2n) is 4.88. The summed E-state index contributed by atoms with van der Waals surface area (Å²) in [4.78, 5) is 0. The van der Waals surface area contributed by atoms with Crippen LogP contribution in [0.5, 0.6) is 11.5 Å². The first kappa shape index (κ1) is 17.1. The van der Waals surface area contributed by atoms with E-state index in [4.69, 9.17) is 9.47 Å². The average molecular weight is 342 g/mol. The maximum Gasteiger partial charge on any atom is 0.161 e. The quantitative estimate of drug-likeness (QED) is 0.809. The van der Waals surface area contributed by atoms with Crippen LogP contribution in [0.1, 0.15) is 26.3 Å². The van der Waals surface area contributed by atoms with Gasteiger partial charge in [0.25, 0.3) is 0 Å². The molecule has 1 aromatic carbocycles. The van der Waals surface area contributed by atoms with Crippen LogP contribution in [0.25, 0.3) is 6.08 Å². The van der Waals surface area contributed by atoms with Crippen molar-refractivity contribution in [3.8, 4) is 11.5 Å². The van der Waals surface area contributed by atoms with E-state index in [9.17, 15) is 0 Å². The molecule has 20 heavy (non-hydrogen) atoms. The van der Waals surface area contributed by atoms with Gasteiger partial charge in [-0.2, -0.15) is 0 Å². The highest BCUT2D eigenvalue weighted by Gasteiger charge is 2.10. The molecule has 0 aromatic heterocycles. The number of benzene rings is 1. The van der Waals surface area contributed by atoms with E-state index >= 15 is 0 Å². The second kappa shape index (κ2) is 8.32. The Labute approximate surface area is 130 Å². The molecular weight excluding hydrogens is 318 g/mol. The molecule has 0 aliphatic rings. The number of likely N-dealkylation sites (N-methyl/N-ethyl adjacent to an activating group) is 1. The van der Waals surface area contributed by atoms with Gasteiger partial charge in [-0.15, -0.1) is 0 Å². The average Bonchev–Trinajstić information content (AvgIpc) is 2.44. The van der Waals surface area contributed by atoms with Gasteiger partial charge in [0, 0.05) is 11.0 Å². The van der Waals surface area contributed by atoms with E-state index in [1.807, 2.05) is 12.1 Å². The van der Waals surface area contributed by atoms with Crippen LogP contribution in [-0.4, -0.2) is 27.3 Å². The van der Waals surface area contributed by atoms with E-state index in [-0.39, 0.29) is 0 Å². The van der Waals surface area contributed by atoms with Gasteiger partial charge < -0.3 is 14.8 Å². The number of ether oxygens (including phenoxy) is 2. The molecule has 0 aliphatic heterocycles. The molecule has 3 nitrogen and oxygen atoms in total. The van der Waals surface area contributed by atoms with Crippen molar-refractivity contribution >= 4 is 22.0 Å². The normalized spacial score (nSPS) is 11.8. The van der Waals surface area contributed by atoms with Crippen molar-refractivity contribution < 1.29 is 9.47 Å². The molecule has 0 amide bonds. The molecule has 0 saturated carbocycles. The maximum atomic E-state index is 5.36. The topological polar surface area (TPSA) is 30.5 Å². The third-order valence-corrected chi connectivity index (χ3v) is 3.85. The lowest BCUT2D eigenvalue weighted by Gasteiger charge is -2.14. The summed E-state index contributed by atoms with van der Waals surface area (Å²) in [5, 5.41) is 3.38. The fourth-order valence-corrected chi connectivity index (χ4v) is 2.31. The number of nitrogens with one attached hydrogen (secondary N) is 1. The number of hydrogen-bond donors (Lipinski definition) is 1. The molecule has 1 N–H and O–H groups in total. The van der Waals surface area contributed by atoms with Crippen molar-refractivity contribution in [1.29, 1.82) is 0 Å². The zero-order valence-electron chi connectivity index (χ0n) is 12.9. The van der Waals surface area contributed by atoms with E-state index in [0.29, 0.717) is 5.92 Å². The minimum absolute atomic E-state index is 0.494. The predicted molar refractivity (Wildman–Crippen MR) is 88.6 cm³/mol. The highest BCUT2D eigenvalue weighted by Crippen LogP contribution is 2.34. The zero-order chi connectivity index (χ0) is 15.1. The number of rotatable bonds is 7. The zero-order valence-corrected chi connectivity index (χ0v) is 14.5. The lowest BCUT2D eigenvalue weighted by Crippen LogP contribution is -2.18. The smallest absolute Gasteiger partial charge is 0.161 e. The van der Waals surface area contributed by atoms with Gasteiger partial charge in [0.2, 0.25) is 0 Å². The lowest BCUT2D eigenvalue weighted by atomic mass is 10.00. The molecule has 1 aromatic rings. The van der Waals surface area contributed by atoms with Crippen LogP contribution in [0.4, 0.5) is 0 Å². The van der Waals surface area contributed by atoms with E-state index < -0.39 is 0 Å². The molecular formula is C16H24BrNO2. The Hall–Kier alpha value is -1.00. The fourth-order valence-electron chi connectivity index (χ4n) is 1.87. The van der Waals surface area contributed by atoms with Crippen molar-refractivity contribution in [2.75, 3.05) is 27.3 Å². The van der Waals surface area contributed by atoms with Crippen LogP contribution in [0.15, 0.2) is 22.2 Å². The van der Waals surface area contributed by atoms with Crippen LogP contribution in [0, 0.1) is 5.92 Å². The van der Waals surface area contributed by atoms with Crippen molar-refractivity contribution in [3.05, 3.63) is 27.7 Å². The van der Waals surface area contributed by atoms with Gasteiger partial charge in [-0.1, -0.05) is 48.4 Å². The van der Waals surface area contributed by atoms with Gasteiger partial charge in [0.15, 0.2) is 11.5 Å². The van der Waals surface area contributed by atoms with E-state index in [0.717, 1.165) is 34.6 Å². The Kier molecular flexibility index (Phi) is 7.10. The minimum Gasteiger partial charge on any atom is -0.493 e. The van der Waals surface area contributed by atoms with Crippen molar-refractivity contribution in [1.82, 2.24) is 5.32 Å². The molecule has 0 heterocycles. The summed E-state index contributed by atoms with van der Waals surface area (Å²) >= 11 is 3.60. The summed E-state index contributed by atoms with van der Waals surface area (Å²) in [6, 6.07) is 3.94. The van der Waals surface area contributed by atoms with Gasteiger partial charge in [-0.05, 0) is 30.2 Å². The highest BCUT2D eigenvalue weighted by atomic mass is 79.9. The third-order valence-electron chi connectivity index (χ3n) is 3.16. The Morgan fingerprint density at radius 2 is 1.85 bits per heavy atom. The van der Waals surface area contributed by atoms with Crippen LogP contribution in [-0.2, 0) is 0 Å².